The fraction of sp³-hybridized carbons (Fsp3) is 0.562. The molecule has 1 heteroatoms. The Morgan fingerprint density at radius 2 is 2.00 bits per heavy atom. The Balaban J connectivity index is 2.09. The van der Waals surface area contributed by atoms with Crippen molar-refractivity contribution >= 4 is 5.78 Å². The quantitative estimate of drug-likeness (QED) is 0.752. The molecule has 0 heterocycles. The molecule has 0 bridgehead atoms. The van der Waals surface area contributed by atoms with Crippen molar-refractivity contribution in [3.8, 4) is 0 Å². The lowest BCUT2D eigenvalue weighted by molar-refractivity contribution is -0.125. The van der Waals surface area contributed by atoms with Gasteiger partial charge in [-0.3, -0.25) is 4.79 Å². The zero-order valence-electron chi connectivity index (χ0n) is 10.9. The van der Waals surface area contributed by atoms with Gasteiger partial charge in [0.25, 0.3) is 0 Å². The lowest BCUT2D eigenvalue weighted by Crippen LogP contribution is -2.21. The van der Waals surface area contributed by atoms with Crippen molar-refractivity contribution in [1.82, 2.24) is 0 Å². The highest BCUT2D eigenvalue weighted by molar-refractivity contribution is 5.87. The highest BCUT2D eigenvalue weighted by Crippen LogP contribution is 2.46. The van der Waals surface area contributed by atoms with Crippen molar-refractivity contribution in [2.75, 3.05) is 0 Å². The van der Waals surface area contributed by atoms with Gasteiger partial charge in [0.2, 0.25) is 0 Å². The predicted molar refractivity (Wildman–Crippen MR) is 71.1 cm³/mol. The molecule has 0 aromatic heterocycles. The van der Waals surface area contributed by atoms with Crippen LogP contribution in [0.4, 0.5) is 0 Å². The van der Waals surface area contributed by atoms with Gasteiger partial charge in [-0.05, 0) is 24.3 Å². The van der Waals surface area contributed by atoms with E-state index in [1.807, 2.05) is 6.07 Å². The summed E-state index contributed by atoms with van der Waals surface area (Å²) in [6.45, 7) is 4.35. The van der Waals surface area contributed by atoms with Crippen LogP contribution >= 0.6 is 0 Å². The van der Waals surface area contributed by atoms with Gasteiger partial charge in [0.05, 0.1) is 0 Å². The number of Topliss-reactive ketones (excluding diaryl/α,β-unsaturated/α-hetero) is 1. The van der Waals surface area contributed by atoms with Crippen LogP contribution in [-0.4, -0.2) is 5.78 Å². The number of carbonyl (C=O) groups excluding carboxylic acids is 1. The molecule has 0 saturated heterocycles. The maximum atomic E-state index is 12.2. The molecule has 0 spiro atoms. The molecule has 1 aliphatic rings. The Hall–Kier alpha value is -1.11. The van der Waals surface area contributed by atoms with Gasteiger partial charge >= 0.3 is 0 Å². The third kappa shape index (κ3) is 2.59. The number of hydrogen-bond donors (Lipinski definition) is 0. The van der Waals surface area contributed by atoms with E-state index >= 15 is 0 Å². The molecule has 2 rings (SSSR count). The maximum Gasteiger partial charge on any atom is 0.139 e. The smallest absolute Gasteiger partial charge is 0.139 e. The minimum absolute atomic E-state index is 0.0590. The van der Waals surface area contributed by atoms with E-state index in [4.69, 9.17) is 0 Å². The molecule has 1 aromatic rings. The Morgan fingerprint density at radius 1 is 1.29 bits per heavy atom. The monoisotopic (exact) mass is 230 g/mol. The average molecular weight is 230 g/mol. The average Bonchev–Trinajstić information content (AvgIpc) is 2.65. The van der Waals surface area contributed by atoms with E-state index in [1.54, 1.807) is 0 Å². The van der Waals surface area contributed by atoms with E-state index in [1.165, 1.54) is 18.4 Å². The molecule has 0 unspecified atom stereocenters. The molecule has 2 atom stereocenters. The second-order valence-corrected chi connectivity index (χ2v) is 5.60. The van der Waals surface area contributed by atoms with Gasteiger partial charge in [-0.15, -0.1) is 0 Å². The topological polar surface area (TPSA) is 17.1 Å². The van der Waals surface area contributed by atoms with Gasteiger partial charge in [-0.2, -0.15) is 0 Å². The fourth-order valence-electron chi connectivity index (χ4n) is 2.97. The van der Waals surface area contributed by atoms with E-state index in [-0.39, 0.29) is 5.41 Å². The van der Waals surface area contributed by atoms with E-state index < -0.39 is 0 Å². The van der Waals surface area contributed by atoms with Crippen molar-refractivity contribution in [3.05, 3.63) is 35.9 Å². The zero-order chi connectivity index (χ0) is 12.3. The summed E-state index contributed by atoms with van der Waals surface area (Å²) in [5, 5.41) is 0. The molecule has 0 radical (unpaired) electrons. The van der Waals surface area contributed by atoms with Crippen LogP contribution in [0.15, 0.2) is 30.3 Å². The van der Waals surface area contributed by atoms with E-state index in [0.29, 0.717) is 11.7 Å². The van der Waals surface area contributed by atoms with Gasteiger partial charge in [0, 0.05) is 11.8 Å². The number of carbonyl (C=O) groups is 1. The summed E-state index contributed by atoms with van der Waals surface area (Å²) in [4.78, 5) is 12.2. The second kappa shape index (κ2) is 5.03. The van der Waals surface area contributed by atoms with Crippen LogP contribution in [0.25, 0.3) is 0 Å². The highest BCUT2D eigenvalue weighted by Gasteiger charge is 2.42. The summed E-state index contributed by atoms with van der Waals surface area (Å²) in [6.07, 6.45) is 5.19. The fourth-order valence-corrected chi connectivity index (χ4v) is 2.97. The number of rotatable bonds is 4. The third-order valence-corrected chi connectivity index (χ3v) is 4.15. The normalized spacial score (nSPS) is 28.6. The first-order valence-electron chi connectivity index (χ1n) is 6.74. The first-order valence-corrected chi connectivity index (χ1v) is 6.74. The molecule has 0 amide bonds. The summed E-state index contributed by atoms with van der Waals surface area (Å²) in [5.74, 6) is 0.922. The number of ketones is 1. The SMILES string of the molecule is CCCC[C@@]1(C)C[C@H](c2ccccc2)CC1=O. The Labute approximate surface area is 104 Å². The second-order valence-electron chi connectivity index (χ2n) is 5.60. The van der Waals surface area contributed by atoms with Gasteiger partial charge in [0.1, 0.15) is 5.78 Å². The van der Waals surface area contributed by atoms with Crippen LogP contribution in [0.3, 0.4) is 0 Å². The van der Waals surface area contributed by atoms with Crippen molar-refractivity contribution in [2.24, 2.45) is 5.41 Å². The predicted octanol–water partition coefficient (Wildman–Crippen LogP) is 4.33. The van der Waals surface area contributed by atoms with Crippen molar-refractivity contribution in [3.63, 3.8) is 0 Å². The van der Waals surface area contributed by atoms with Crippen molar-refractivity contribution < 1.29 is 4.79 Å². The van der Waals surface area contributed by atoms with Crippen molar-refractivity contribution in [2.45, 2.75) is 51.9 Å². The van der Waals surface area contributed by atoms with E-state index in [0.717, 1.165) is 19.3 Å². The van der Waals surface area contributed by atoms with Crippen LogP contribution in [0.2, 0.25) is 0 Å². The lowest BCUT2D eigenvalue weighted by atomic mass is 9.81. The summed E-state index contributed by atoms with van der Waals surface area (Å²) in [7, 11) is 0. The molecule has 1 saturated carbocycles. The summed E-state index contributed by atoms with van der Waals surface area (Å²) in [5.41, 5.74) is 1.28. The summed E-state index contributed by atoms with van der Waals surface area (Å²) < 4.78 is 0. The minimum Gasteiger partial charge on any atom is -0.299 e. The van der Waals surface area contributed by atoms with Gasteiger partial charge in [-0.25, -0.2) is 0 Å². The first kappa shape index (κ1) is 12.3. The zero-order valence-corrected chi connectivity index (χ0v) is 10.9. The highest BCUT2D eigenvalue weighted by atomic mass is 16.1. The van der Waals surface area contributed by atoms with Crippen LogP contribution in [0.1, 0.15) is 57.4 Å². The van der Waals surface area contributed by atoms with Gasteiger partial charge in [-0.1, -0.05) is 57.0 Å². The van der Waals surface area contributed by atoms with Crippen LogP contribution in [0.5, 0.6) is 0 Å². The molecule has 0 aliphatic heterocycles. The molecule has 17 heavy (non-hydrogen) atoms. The number of unbranched alkanes of at least 4 members (excludes halogenated alkanes) is 1. The Morgan fingerprint density at radius 3 is 2.65 bits per heavy atom. The van der Waals surface area contributed by atoms with Gasteiger partial charge < -0.3 is 0 Å². The summed E-state index contributed by atoms with van der Waals surface area (Å²) in [6, 6.07) is 10.5. The number of hydrogen-bond acceptors (Lipinski definition) is 1. The molecular formula is C16H22O. The molecule has 1 aromatic carbocycles. The van der Waals surface area contributed by atoms with Crippen molar-refractivity contribution in [1.29, 1.82) is 0 Å². The van der Waals surface area contributed by atoms with Crippen LogP contribution in [0, 0.1) is 5.41 Å². The molecular weight excluding hydrogens is 208 g/mol. The van der Waals surface area contributed by atoms with Crippen LogP contribution in [-0.2, 0) is 4.79 Å². The van der Waals surface area contributed by atoms with Gasteiger partial charge in [0.15, 0.2) is 0 Å². The largest absolute Gasteiger partial charge is 0.299 e. The molecule has 0 N–H and O–H groups in total. The lowest BCUT2D eigenvalue weighted by Gasteiger charge is -2.22. The molecule has 1 nitrogen and oxygen atoms in total. The number of benzene rings is 1. The molecule has 1 fully saturated rings. The summed E-state index contributed by atoms with van der Waals surface area (Å²) >= 11 is 0. The Bertz CT molecular complexity index is 382. The third-order valence-electron chi connectivity index (χ3n) is 4.15. The van der Waals surface area contributed by atoms with E-state index in [9.17, 15) is 4.79 Å². The molecule has 92 valence electrons. The molecule has 1 aliphatic carbocycles. The maximum absolute atomic E-state index is 12.2. The standard InChI is InChI=1S/C16H22O/c1-3-4-10-16(2)12-14(11-15(16)17)13-8-6-5-7-9-13/h5-9,14H,3-4,10-12H2,1-2H3/t14-,16+/m1/s1. The van der Waals surface area contributed by atoms with Crippen LogP contribution < -0.4 is 0 Å². The Kier molecular flexibility index (Phi) is 3.66. The van der Waals surface area contributed by atoms with E-state index in [2.05, 4.69) is 38.1 Å². The minimum atomic E-state index is -0.0590. The first-order chi connectivity index (χ1) is 8.15.